The average molecular weight is 512 g/mol. The van der Waals surface area contributed by atoms with Crippen LogP contribution in [0.4, 0.5) is 4.79 Å². The van der Waals surface area contributed by atoms with Crippen LogP contribution in [0.1, 0.15) is 31.9 Å². The van der Waals surface area contributed by atoms with Gasteiger partial charge in [0.15, 0.2) is 15.6 Å². The van der Waals surface area contributed by atoms with Crippen molar-refractivity contribution in [2.75, 3.05) is 19.3 Å². The van der Waals surface area contributed by atoms with E-state index >= 15 is 0 Å². The normalized spacial score (nSPS) is 14.4. The van der Waals surface area contributed by atoms with Crippen molar-refractivity contribution < 1.29 is 22.7 Å². The highest BCUT2D eigenvalue weighted by Crippen LogP contribution is 2.20. The van der Waals surface area contributed by atoms with Gasteiger partial charge in [0.2, 0.25) is 0 Å². The third-order valence-corrected chi connectivity index (χ3v) is 7.07. The lowest BCUT2D eigenvalue weighted by molar-refractivity contribution is 0.0928. The monoisotopic (exact) mass is 511 g/mol. The number of piperidine rings is 1. The summed E-state index contributed by atoms with van der Waals surface area (Å²) in [5.41, 5.74) is 1.23. The number of carbonyl (C=O) groups is 1. The molecule has 9 nitrogen and oxygen atoms in total. The van der Waals surface area contributed by atoms with Crippen molar-refractivity contribution in [2.24, 2.45) is 0 Å². The maximum Gasteiger partial charge on any atom is 0.415 e. The Bertz CT molecular complexity index is 1360. The smallest absolute Gasteiger partial charge is 0.415 e. The molecule has 0 radical (unpaired) electrons. The summed E-state index contributed by atoms with van der Waals surface area (Å²) in [7, 11) is -3.31. The summed E-state index contributed by atoms with van der Waals surface area (Å²) < 4.78 is 36.1. The van der Waals surface area contributed by atoms with Crippen LogP contribution in [-0.4, -0.2) is 54.4 Å². The molecule has 0 atom stereocenters. The fraction of sp³-hybridized carbons (Fsp3) is 0.346. The number of rotatable bonds is 7. The largest absolute Gasteiger partial charge is 0.490 e. The number of aromatic nitrogens is 2. The summed E-state index contributed by atoms with van der Waals surface area (Å²) >= 11 is 0. The first-order chi connectivity index (χ1) is 17.2. The van der Waals surface area contributed by atoms with Crippen molar-refractivity contribution >= 4 is 15.9 Å². The van der Waals surface area contributed by atoms with E-state index in [1.807, 2.05) is 6.07 Å². The Balaban J connectivity index is 1.30. The fourth-order valence-electron chi connectivity index (χ4n) is 3.99. The van der Waals surface area contributed by atoms with Crippen molar-refractivity contribution in [3.05, 3.63) is 77.0 Å². The molecule has 2 aromatic heterocycles. The van der Waals surface area contributed by atoms with Crippen molar-refractivity contribution in [2.45, 2.75) is 43.6 Å². The number of carbonyl (C=O) groups excluding carboxylic acids is 1. The second-order valence-electron chi connectivity index (χ2n) is 8.74. The zero-order valence-corrected chi connectivity index (χ0v) is 21.1. The van der Waals surface area contributed by atoms with E-state index in [-0.39, 0.29) is 16.6 Å². The molecule has 1 aromatic carbocycles. The van der Waals surface area contributed by atoms with Gasteiger partial charge < -0.3 is 14.4 Å². The number of likely N-dealkylation sites (tertiary alicyclic amines) is 1. The third-order valence-electron chi connectivity index (χ3n) is 5.95. The molecule has 3 heterocycles. The van der Waals surface area contributed by atoms with E-state index in [2.05, 4.69) is 11.9 Å². The van der Waals surface area contributed by atoms with Crippen molar-refractivity contribution in [3.8, 4) is 17.2 Å². The lowest BCUT2D eigenvalue weighted by Crippen LogP contribution is -2.43. The molecule has 0 saturated carbocycles. The Hall–Kier alpha value is -3.66. The number of ether oxygens (including phenoxy) is 2. The molecule has 4 rings (SSSR count). The number of sulfone groups is 1. The van der Waals surface area contributed by atoms with E-state index in [9.17, 15) is 18.0 Å². The van der Waals surface area contributed by atoms with Gasteiger partial charge in [0.25, 0.3) is 5.56 Å². The van der Waals surface area contributed by atoms with Crippen LogP contribution in [0.5, 0.6) is 11.5 Å². The minimum Gasteiger partial charge on any atom is -0.490 e. The standard InChI is InChI=1S/C26H29N3O6S/c1-3-4-19-5-8-23(18-27-19)35-26(31)28-14-11-21(12-15-28)34-22-13-16-29(25(30)17-22)20-6-9-24(10-7-20)36(2,32)33/h5-10,13,16-18,21H,3-4,11-12,14-15H2,1-2H3. The second kappa shape index (κ2) is 10.9. The van der Waals surface area contributed by atoms with Gasteiger partial charge >= 0.3 is 6.09 Å². The molecule has 3 aromatic rings. The molecule has 0 bridgehead atoms. The summed E-state index contributed by atoms with van der Waals surface area (Å²) in [6.07, 6.45) is 6.87. The topological polar surface area (TPSA) is 108 Å². The summed E-state index contributed by atoms with van der Waals surface area (Å²) in [4.78, 5) is 31.3. The lowest BCUT2D eigenvalue weighted by Gasteiger charge is -2.31. The molecular weight excluding hydrogens is 482 g/mol. The van der Waals surface area contributed by atoms with Crippen LogP contribution in [-0.2, 0) is 16.3 Å². The van der Waals surface area contributed by atoms with Crippen molar-refractivity contribution in [3.63, 3.8) is 0 Å². The Labute approximate surface area is 210 Å². The summed E-state index contributed by atoms with van der Waals surface area (Å²) in [5, 5.41) is 0. The summed E-state index contributed by atoms with van der Waals surface area (Å²) in [6.45, 7) is 3.05. The van der Waals surface area contributed by atoms with Gasteiger partial charge in [-0.25, -0.2) is 13.2 Å². The quantitative estimate of drug-likeness (QED) is 0.477. The maximum absolute atomic E-state index is 12.6. The predicted octanol–water partition coefficient (Wildman–Crippen LogP) is 3.63. The number of nitrogens with zero attached hydrogens (tertiary/aromatic N) is 3. The fourth-order valence-corrected chi connectivity index (χ4v) is 4.62. The van der Waals surface area contributed by atoms with Gasteiger partial charge in [-0.3, -0.25) is 14.3 Å². The van der Waals surface area contributed by atoms with Crippen LogP contribution in [0.15, 0.2) is 70.6 Å². The van der Waals surface area contributed by atoms with Crippen molar-refractivity contribution in [1.29, 1.82) is 0 Å². The zero-order valence-electron chi connectivity index (χ0n) is 20.3. The van der Waals surface area contributed by atoms with Crippen LogP contribution in [0, 0.1) is 0 Å². The van der Waals surface area contributed by atoms with Crippen molar-refractivity contribution in [1.82, 2.24) is 14.5 Å². The molecule has 10 heteroatoms. The third kappa shape index (κ3) is 6.31. The van der Waals surface area contributed by atoms with Gasteiger partial charge in [-0.15, -0.1) is 0 Å². The number of hydrogen-bond acceptors (Lipinski definition) is 7. The van der Waals surface area contributed by atoms with E-state index < -0.39 is 15.9 Å². The van der Waals surface area contributed by atoms with Gasteiger partial charge in [0, 0.05) is 55.8 Å². The van der Waals surface area contributed by atoms with E-state index in [0.29, 0.717) is 43.1 Å². The highest BCUT2D eigenvalue weighted by atomic mass is 32.2. The number of amides is 1. The number of benzene rings is 1. The van der Waals surface area contributed by atoms with Crippen LogP contribution in [0.2, 0.25) is 0 Å². The van der Waals surface area contributed by atoms with Gasteiger partial charge in [-0.2, -0.15) is 0 Å². The van der Waals surface area contributed by atoms with Crippen LogP contribution >= 0.6 is 0 Å². The molecule has 1 fully saturated rings. The van der Waals surface area contributed by atoms with Crippen LogP contribution in [0.25, 0.3) is 5.69 Å². The molecule has 1 aliphatic heterocycles. The molecule has 1 aliphatic rings. The molecule has 190 valence electrons. The zero-order chi connectivity index (χ0) is 25.7. The Morgan fingerprint density at radius 1 is 1.06 bits per heavy atom. The van der Waals surface area contributed by atoms with E-state index in [0.717, 1.165) is 24.8 Å². The molecule has 36 heavy (non-hydrogen) atoms. The van der Waals surface area contributed by atoms with Gasteiger partial charge in [-0.1, -0.05) is 13.3 Å². The highest BCUT2D eigenvalue weighted by molar-refractivity contribution is 7.90. The maximum atomic E-state index is 12.6. The Morgan fingerprint density at radius 2 is 1.78 bits per heavy atom. The number of hydrogen-bond donors (Lipinski definition) is 0. The molecule has 1 amide bonds. The molecule has 0 spiro atoms. The molecule has 1 saturated heterocycles. The summed E-state index contributed by atoms with van der Waals surface area (Å²) in [6, 6.07) is 12.8. The molecule has 0 aliphatic carbocycles. The van der Waals surface area contributed by atoms with Gasteiger partial charge in [0.05, 0.1) is 11.1 Å². The first-order valence-electron chi connectivity index (χ1n) is 11.8. The number of pyridine rings is 2. The van der Waals surface area contributed by atoms with Gasteiger partial charge in [0.1, 0.15) is 11.9 Å². The number of aryl methyl sites for hydroxylation is 1. The lowest BCUT2D eigenvalue weighted by atomic mass is 10.1. The highest BCUT2D eigenvalue weighted by Gasteiger charge is 2.25. The first kappa shape index (κ1) is 25.4. The SMILES string of the molecule is CCCc1ccc(OC(=O)N2CCC(Oc3ccn(-c4ccc(S(C)(=O)=O)cc4)c(=O)c3)CC2)cn1. The Kier molecular flexibility index (Phi) is 7.73. The van der Waals surface area contributed by atoms with E-state index in [1.54, 1.807) is 41.6 Å². The average Bonchev–Trinajstić information content (AvgIpc) is 2.85. The minimum absolute atomic E-state index is 0.131. The Morgan fingerprint density at radius 3 is 2.36 bits per heavy atom. The summed E-state index contributed by atoms with van der Waals surface area (Å²) in [5.74, 6) is 0.869. The van der Waals surface area contributed by atoms with Crippen LogP contribution < -0.4 is 15.0 Å². The predicted molar refractivity (Wildman–Crippen MR) is 135 cm³/mol. The first-order valence-corrected chi connectivity index (χ1v) is 13.7. The molecule has 0 unspecified atom stereocenters. The van der Waals surface area contributed by atoms with Gasteiger partial charge in [-0.05, 0) is 48.9 Å². The van der Waals surface area contributed by atoms with E-state index in [1.165, 1.54) is 22.8 Å². The van der Waals surface area contributed by atoms with Crippen LogP contribution in [0.3, 0.4) is 0 Å². The molecular formula is C26H29N3O6S. The minimum atomic E-state index is -3.31. The van der Waals surface area contributed by atoms with E-state index in [4.69, 9.17) is 9.47 Å². The molecule has 0 N–H and O–H groups in total. The second-order valence-corrected chi connectivity index (χ2v) is 10.8.